The van der Waals surface area contributed by atoms with Crippen molar-refractivity contribution in [2.75, 3.05) is 39.4 Å². The molecule has 1 fully saturated rings. The van der Waals surface area contributed by atoms with Gasteiger partial charge in [-0.25, -0.2) is 0 Å². The van der Waals surface area contributed by atoms with Crippen LogP contribution in [0.2, 0.25) is 0 Å². The molecule has 6 nitrogen and oxygen atoms in total. The number of ether oxygens (including phenoxy) is 1. The highest BCUT2D eigenvalue weighted by atomic mass is 16.5. The molecule has 0 aliphatic carbocycles. The van der Waals surface area contributed by atoms with E-state index in [-0.39, 0.29) is 11.8 Å². The maximum Gasteiger partial charge on any atom is 0.224 e. The summed E-state index contributed by atoms with van der Waals surface area (Å²) in [4.78, 5) is 25.2. The topological polar surface area (TPSA) is 84.7 Å². The first-order valence-electron chi connectivity index (χ1n) is 7.45. The summed E-state index contributed by atoms with van der Waals surface area (Å²) < 4.78 is 5.19. The fourth-order valence-corrected chi connectivity index (χ4v) is 2.17. The number of morpholine rings is 1. The highest BCUT2D eigenvalue weighted by molar-refractivity contribution is 5.79. The van der Waals surface area contributed by atoms with Crippen LogP contribution in [0.5, 0.6) is 0 Å². The van der Waals surface area contributed by atoms with E-state index in [9.17, 15) is 9.59 Å². The second kappa shape index (κ2) is 9.72. The number of carbonyl (C=O) groups excluding carboxylic acids is 2. The molecule has 1 aliphatic rings. The van der Waals surface area contributed by atoms with Crippen LogP contribution in [0.3, 0.4) is 0 Å². The van der Waals surface area contributed by atoms with Crippen molar-refractivity contribution in [1.29, 1.82) is 0 Å². The average molecular weight is 285 g/mol. The van der Waals surface area contributed by atoms with Crippen LogP contribution < -0.4 is 11.1 Å². The monoisotopic (exact) mass is 285 g/mol. The van der Waals surface area contributed by atoms with Crippen LogP contribution >= 0.6 is 0 Å². The second-order valence-electron chi connectivity index (χ2n) is 5.31. The van der Waals surface area contributed by atoms with Crippen LogP contribution in [0.1, 0.15) is 32.6 Å². The van der Waals surface area contributed by atoms with Crippen molar-refractivity contribution in [2.24, 2.45) is 11.7 Å². The molecule has 1 saturated heterocycles. The van der Waals surface area contributed by atoms with Crippen LogP contribution in [0.25, 0.3) is 0 Å². The van der Waals surface area contributed by atoms with Crippen LogP contribution in [-0.4, -0.2) is 56.1 Å². The van der Waals surface area contributed by atoms with Crippen LogP contribution in [0.15, 0.2) is 0 Å². The van der Waals surface area contributed by atoms with Crippen molar-refractivity contribution in [2.45, 2.75) is 32.6 Å². The lowest BCUT2D eigenvalue weighted by molar-refractivity contribution is -0.135. The molecule has 1 aliphatic heterocycles. The summed E-state index contributed by atoms with van der Waals surface area (Å²) in [6, 6.07) is 0. The standard InChI is InChI=1S/C14H27N3O3/c1-12(4-6-15)2-3-13(18)16-7-5-14(19)17-8-10-20-11-9-17/h12H,2-11,15H2,1H3,(H,16,18). The third-order valence-corrected chi connectivity index (χ3v) is 3.55. The van der Waals surface area contributed by atoms with Gasteiger partial charge < -0.3 is 20.7 Å². The van der Waals surface area contributed by atoms with Crippen molar-refractivity contribution in [3.8, 4) is 0 Å². The molecular weight excluding hydrogens is 258 g/mol. The van der Waals surface area contributed by atoms with Gasteiger partial charge in [0.2, 0.25) is 11.8 Å². The maximum atomic E-state index is 11.8. The van der Waals surface area contributed by atoms with Crippen LogP contribution in [0, 0.1) is 5.92 Å². The van der Waals surface area contributed by atoms with Gasteiger partial charge in [-0.15, -0.1) is 0 Å². The van der Waals surface area contributed by atoms with Gasteiger partial charge in [0.05, 0.1) is 13.2 Å². The van der Waals surface area contributed by atoms with E-state index in [4.69, 9.17) is 10.5 Å². The summed E-state index contributed by atoms with van der Waals surface area (Å²) in [6.07, 6.45) is 2.67. The van der Waals surface area contributed by atoms with Gasteiger partial charge in [0.15, 0.2) is 0 Å². The fraction of sp³-hybridized carbons (Fsp3) is 0.857. The Morgan fingerprint density at radius 1 is 1.25 bits per heavy atom. The number of rotatable bonds is 8. The van der Waals surface area contributed by atoms with Crippen molar-refractivity contribution < 1.29 is 14.3 Å². The first kappa shape index (κ1) is 16.9. The summed E-state index contributed by atoms with van der Waals surface area (Å²) in [6.45, 7) is 5.71. The molecule has 1 atom stereocenters. The van der Waals surface area contributed by atoms with E-state index in [1.807, 2.05) is 0 Å². The Balaban J connectivity index is 2.07. The molecule has 2 amide bonds. The number of nitrogens with zero attached hydrogens (tertiary/aromatic N) is 1. The number of nitrogens with two attached hydrogens (primary N) is 1. The minimum atomic E-state index is 0.0173. The second-order valence-corrected chi connectivity index (χ2v) is 5.31. The molecule has 6 heteroatoms. The maximum absolute atomic E-state index is 11.8. The van der Waals surface area contributed by atoms with Gasteiger partial charge in [-0.05, 0) is 25.3 Å². The van der Waals surface area contributed by atoms with Crippen LogP contribution in [-0.2, 0) is 14.3 Å². The van der Waals surface area contributed by atoms with E-state index < -0.39 is 0 Å². The largest absolute Gasteiger partial charge is 0.378 e. The Bertz CT molecular complexity index is 304. The Hall–Kier alpha value is -1.14. The zero-order chi connectivity index (χ0) is 14.8. The highest BCUT2D eigenvalue weighted by Gasteiger charge is 2.16. The number of nitrogens with one attached hydrogen (secondary N) is 1. The van der Waals surface area contributed by atoms with Gasteiger partial charge in [0.25, 0.3) is 0 Å². The molecule has 0 radical (unpaired) electrons. The normalized spacial score (nSPS) is 16.8. The Kier molecular flexibility index (Phi) is 8.22. The van der Waals surface area contributed by atoms with Crippen molar-refractivity contribution in [3.05, 3.63) is 0 Å². The van der Waals surface area contributed by atoms with E-state index in [1.165, 1.54) is 0 Å². The van der Waals surface area contributed by atoms with E-state index in [1.54, 1.807) is 4.90 Å². The summed E-state index contributed by atoms with van der Waals surface area (Å²) in [7, 11) is 0. The molecule has 0 spiro atoms. The summed E-state index contributed by atoms with van der Waals surface area (Å²) in [5, 5.41) is 2.80. The van der Waals surface area contributed by atoms with Gasteiger partial charge in [-0.1, -0.05) is 6.92 Å². The smallest absolute Gasteiger partial charge is 0.224 e. The van der Waals surface area contributed by atoms with Crippen LogP contribution in [0.4, 0.5) is 0 Å². The van der Waals surface area contributed by atoms with Gasteiger partial charge >= 0.3 is 0 Å². The minimum absolute atomic E-state index is 0.0173. The van der Waals surface area contributed by atoms with Gasteiger partial charge in [0, 0.05) is 32.5 Å². The fourth-order valence-electron chi connectivity index (χ4n) is 2.17. The van der Waals surface area contributed by atoms with Crippen molar-refractivity contribution in [3.63, 3.8) is 0 Å². The lowest BCUT2D eigenvalue weighted by Crippen LogP contribution is -2.42. The SMILES string of the molecule is CC(CCN)CCC(=O)NCCC(=O)N1CCOCC1. The van der Waals surface area contributed by atoms with E-state index in [0.717, 1.165) is 12.8 Å². The molecule has 1 rings (SSSR count). The minimum Gasteiger partial charge on any atom is -0.378 e. The molecule has 3 N–H and O–H groups in total. The third kappa shape index (κ3) is 6.86. The molecule has 0 bridgehead atoms. The zero-order valence-corrected chi connectivity index (χ0v) is 12.4. The average Bonchev–Trinajstić information content (AvgIpc) is 2.46. The third-order valence-electron chi connectivity index (χ3n) is 3.55. The van der Waals surface area contributed by atoms with E-state index >= 15 is 0 Å². The lowest BCUT2D eigenvalue weighted by Gasteiger charge is -2.26. The molecular formula is C14H27N3O3. The predicted molar refractivity (Wildman–Crippen MR) is 77.1 cm³/mol. The van der Waals surface area contributed by atoms with E-state index in [2.05, 4.69) is 12.2 Å². The first-order chi connectivity index (χ1) is 9.63. The molecule has 20 heavy (non-hydrogen) atoms. The Morgan fingerprint density at radius 2 is 1.95 bits per heavy atom. The Labute approximate surface area is 121 Å². The molecule has 0 aromatic rings. The van der Waals surface area contributed by atoms with Gasteiger partial charge in [-0.2, -0.15) is 0 Å². The van der Waals surface area contributed by atoms with E-state index in [0.29, 0.717) is 58.2 Å². The Morgan fingerprint density at radius 3 is 2.60 bits per heavy atom. The summed E-state index contributed by atoms with van der Waals surface area (Å²) in [5.74, 6) is 0.578. The van der Waals surface area contributed by atoms with Gasteiger partial charge in [-0.3, -0.25) is 9.59 Å². The first-order valence-corrected chi connectivity index (χ1v) is 7.45. The quantitative estimate of drug-likeness (QED) is 0.663. The van der Waals surface area contributed by atoms with Crippen molar-refractivity contribution in [1.82, 2.24) is 10.2 Å². The zero-order valence-electron chi connectivity index (χ0n) is 12.4. The molecule has 0 saturated carbocycles. The number of carbonyl (C=O) groups is 2. The summed E-state index contributed by atoms with van der Waals surface area (Å²) in [5.41, 5.74) is 5.47. The number of amides is 2. The lowest BCUT2D eigenvalue weighted by atomic mass is 10.0. The number of hydrogen-bond acceptors (Lipinski definition) is 4. The van der Waals surface area contributed by atoms with Crippen molar-refractivity contribution >= 4 is 11.8 Å². The van der Waals surface area contributed by atoms with Gasteiger partial charge in [0.1, 0.15) is 0 Å². The molecule has 0 aromatic carbocycles. The highest BCUT2D eigenvalue weighted by Crippen LogP contribution is 2.08. The molecule has 0 aromatic heterocycles. The number of hydrogen-bond donors (Lipinski definition) is 2. The predicted octanol–water partition coefficient (Wildman–Crippen LogP) is 0.117. The summed E-state index contributed by atoms with van der Waals surface area (Å²) >= 11 is 0. The molecule has 116 valence electrons. The molecule has 1 heterocycles. The molecule has 1 unspecified atom stereocenters.